The van der Waals surface area contributed by atoms with Crippen molar-refractivity contribution >= 4 is 28.7 Å². The quantitative estimate of drug-likeness (QED) is 0.755. The molecule has 0 bridgehead atoms. The van der Waals surface area contributed by atoms with Crippen molar-refractivity contribution in [3.8, 4) is 0 Å². The molecule has 1 aromatic heterocycles. The number of aromatic nitrogens is 1. The maximum absolute atomic E-state index is 4.52. The van der Waals surface area contributed by atoms with Crippen LogP contribution in [0.3, 0.4) is 0 Å². The number of rotatable bonds is 0. The third-order valence-electron chi connectivity index (χ3n) is 3.00. The lowest BCUT2D eigenvalue weighted by Crippen LogP contribution is -2.10. The molecule has 0 radical (unpaired) electrons. The molecule has 0 atom stereocenters. The van der Waals surface area contributed by atoms with E-state index in [0.29, 0.717) is 0 Å². The molecule has 1 aliphatic heterocycles. The van der Waals surface area contributed by atoms with Crippen LogP contribution in [0.4, 0.5) is 17.2 Å². The monoisotopic (exact) mass is 231 g/mol. The Morgan fingerprint density at radius 2 is 2.19 bits per heavy atom. The van der Waals surface area contributed by atoms with Gasteiger partial charge in [0.2, 0.25) is 0 Å². The van der Waals surface area contributed by atoms with Crippen LogP contribution in [0.15, 0.2) is 24.3 Å². The molecule has 0 fully saturated rings. The largest absolute Gasteiger partial charge is 0.379 e. The summed E-state index contributed by atoms with van der Waals surface area (Å²) in [6, 6.07) is 8.34. The van der Waals surface area contributed by atoms with Gasteiger partial charge in [0.15, 0.2) is 5.82 Å². The first-order chi connectivity index (χ1) is 7.77. The van der Waals surface area contributed by atoms with Crippen molar-refractivity contribution in [1.82, 2.24) is 4.37 Å². The molecule has 3 nitrogen and oxygen atoms in total. The number of nitrogens with one attached hydrogen (secondary N) is 1. The lowest BCUT2D eigenvalue weighted by atomic mass is 10.2. The second-order valence-electron chi connectivity index (χ2n) is 3.97. The summed E-state index contributed by atoms with van der Waals surface area (Å²) in [7, 11) is 2.07. The van der Waals surface area contributed by atoms with Gasteiger partial charge in [-0.1, -0.05) is 12.1 Å². The van der Waals surface area contributed by atoms with E-state index in [0.717, 1.165) is 12.4 Å². The fourth-order valence-corrected chi connectivity index (χ4v) is 2.79. The first-order valence-electron chi connectivity index (χ1n) is 5.29. The van der Waals surface area contributed by atoms with Gasteiger partial charge in [0.1, 0.15) is 0 Å². The zero-order valence-corrected chi connectivity index (χ0v) is 10.1. The maximum atomic E-state index is 4.52. The number of fused-ring (bicyclic) bond motifs is 2. The van der Waals surface area contributed by atoms with E-state index < -0.39 is 0 Å². The third-order valence-corrected chi connectivity index (χ3v) is 3.79. The number of hydrogen-bond acceptors (Lipinski definition) is 4. The van der Waals surface area contributed by atoms with Crippen molar-refractivity contribution < 1.29 is 0 Å². The van der Waals surface area contributed by atoms with E-state index in [1.807, 2.05) is 0 Å². The first kappa shape index (κ1) is 9.66. The summed E-state index contributed by atoms with van der Waals surface area (Å²) in [5.74, 6) is 1.08. The third kappa shape index (κ3) is 1.30. The molecule has 0 amide bonds. The number of nitrogens with zero attached hydrogens (tertiary/aromatic N) is 2. The molecule has 1 aromatic carbocycles. The molecular formula is C12H13N3S. The fraction of sp³-hybridized carbons (Fsp3) is 0.250. The van der Waals surface area contributed by atoms with Crippen LogP contribution in [0.5, 0.6) is 0 Å². The normalized spacial score (nSPS) is 13.8. The maximum Gasteiger partial charge on any atom is 0.151 e. The molecule has 2 aromatic rings. The van der Waals surface area contributed by atoms with Crippen LogP contribution >= 0.6 is 11.5 Å². The van der Waals surface area contributed by atoms with Crippen molar-refractivity contribution in [3.05, 3.63) is 34.7 Å². The topological polar surface area (TPSA) is 28.2 Å². The molecule has 4 heteroatoms. The van der Waals surface area contributed by atoms with Crippen LogP contribution in [-0.2, 0) is 6.54 Å². The van der Waals surface area contributed by atoms with Gasteiger partial charge in [0.05, 0.1) is 11.4 Å². The Morgan fingerprint density at radius 1 is 1.38 bits per heavy atom. The lowest BCUT2D eigenvalue weighted by molar-refractivity contribution is 1.12. The minimum atomic E-state index is 0.860. The van der Waals surface area contributed by atoms with Gasteiger partial charge in [-0.25, -0.2) is 0 Å². The molecule has 0 saturated heterocycles. The van der Waals surface area contributed by atoms with Crippen molar-refractivity contribution in [2.75, 3.05) is 17.3 Å². The highest BCUT2D eigenvalue weighted by atomic mass is 32.1. The van der Waals surface area contributed by atoms with Crippen molar-refractivity contribution in [3.63, 3.8) is 0 Å². The Kier molecular flexibility index (Phi) is 2.11. The highest BCUT2D eigenvalue weighted by Gasteiger charge is 2.20. The number of para-hydroxylation sites is 2. The predicted molar refractivity (Wildman–Crippen MR) is 68.7 cm³/mol. The van der Waals surface area contributed by atoms with E-state index in [1.165, 1.54) is 21.8 Å². The van der Waals surface area contributed by atoms with E-state index in [-0.39, 0.29) is 0 Å². The Hall–Kier alpha value is -1.55. The summed E-state index contributed by atoms with van der Waals surface area (Å²) in [4.78, 5) is 3.45. The molecule has 1 aliphatic rings. The average Bonchev–Trinajstić information content (AvgIpc) is 2.60. The Balaban J connectivity index is 2.18. The molecule has 3 rings (SSSR count). The van der Waals surface area contributed by atoms with Crippen molar-refractivity contribution in [2.45, 2.75) is 13.5 Å². The van der Waals surface area contributed by atoms with Crippen LogP contribution < -0.4 is 10.2 Å². The van der Waals surface area contributed by atoms with Gasteiger partial charge in [-0.2, -0.15) is 4.37 Å². The predicted octanol–water partition coefficient (Wildman–Crippen LogP) is 3.14. The first-order valence-corrected chi connectivity index (χ1v) is 6.06. The van der Waals surface area contributed by atoms with Gasteiger partial charge in [0, 0.05) is 24.0 Å². The van der Waals surface area contributed by atoms with Gasteiger partial charge in [-0.15, -0.1) is 0 Å². The fourth-order valence-electron chi connectivity index (χ4n) is 2.06. The Labute approximate surface area is 98.9 Å². The van der Waals surface area contributed by atoms with Crippen LogP contribution in [0.1, 0.15) is 10.4 Å². The molecule has 2 heterocycles. The summed E-state index contributed by atoms with van der Waals surface area (Å²) in [6.45, 7) is 2.99. The van der Waals surface area contributed by atoms with Crippen molar-refractivity contribution in [2.24, 2.45) is 0 Å². The van der Waals surface area contributed by atoms with Crippen molar-refractivity contribution in [1.29, 1.82) is 0 Å². The number of hydrogen-bond donors (Lipinski definition) is 1. The summed E-state index contributed by atoms with van der Waals surface area (Å²) in [5.41, 5.74) is 3.67. The van der Waals surface area contributed by atoms with Gasteiger partial charge < -0.3 is 10.2 Å². The Morgan fingerprint density at radius 3 is 3.06 bits per heavy atom. The van der Waals surface area contributed by atoms with E-state index in [9.17, 15) is 0 Å². The van der Waals surface area contributed by atoms with Crippen LogP contribution in [-0.4, -0.2) is 11.4 Å². The van der Waals surface area contributed by atoms with E-state index >= 15 is 0 Å². The summed E-state index contributed by atoms with van der Waals surface area (Å²) >= 11 is 1.58. The van der Waals surface area contributed by atoms with Gasteiger partial charge >= 0.3 is 0 Å². The van der Waals surface area contributed by atoms with Gasteiger partial charge in [-0.3, -0.25) is 0 Å². The van der Waals surface area contributed by atoms with E-state index in [2.05, 4.69) is 52.8 Å². The minimum absolute atomic E-state index is 0.860. The number of anilines is 3. The highest BCUT2D eigenvalue weighted by molar-refractivity contribution is 7.06. The Bertz CT molecular complexity index is 533. The molecule has 0 unspecified atom stereocenters. The molecule has 1 N–H and O–H groups in total. The summed E-state index contributed by atoms with van der Waals surface area (Å²) in [5, 5.41) is 3.46. The van der Waals surface area contributed by atoms with Crippen LogP contribution in [0, 0.1) is 6.92 Å². The molecule has 0 saturated carbocycles. The zero-order chi connectivity index (χ0) is 11.1. The molecule has 16 heavy (non-hydrogen) atoms. The molecule has 82 valence electrons. The highest BCUT2D eigenvalue weighted by Crippen LogP contribution is 2.37. The van der Waals surface area contributed by atoms with Gasteiger partial charge in [-0.05, 0) is 30.6 Å². The standard InChI is InChI=1S/C12H13N3S/c1-8-9-7-13-10-5-3-4-6-11(10)15(2)12(9)14-16-8/h3-6,13H,7H2,1-2H3. The van der Waals surface area contributed by atoms with Gasteiger partial charge in [0.25, 0.3) is 0 Å². The van der Waals surface area contributed by atoms with E-state index in [4.69, 9.17) is 0 Å². The van der Waals surface area contributed by atoms with Crippen LogP contribution in [0.2, 0.25) is 0 Å². The molecule has 0 spiro atoms. The smallest absolute Gasteiger partial charge is 0.151 e. The SMILES string of the molecule is Cc1snc2c1CNc1ccccc1N2C. The average molecular weight is 231 g/mol. The van der Waals surface area contributed by atoms with Crippen LogP contribution in [0.25, 0.3) is 0 Å². The number of aryl methyl sites for hydroxylation is 1. The molecular weight excluding hydrogens is 218 g/mol. The van der Waals surface area contributed by atoms with E-state index in [1.54, 1.807) is 11.5 Å². The minimum Gasteiger partial charge on any atom is -0.379 e. The number of benzene rings is 1. The second-order valence-corrected chi connectivity index (χ2v) is 4.95. The summed E-state index contributed by atoms with van der Waals surface area (Å²) < 4.78 is 4.52. The zero-order valence-electron chi connectivity index (χ0n) is 9.32. The summed E-state index contributed by atoms with van der Waals surface area (Å²) in [6.07, 6.45) is 0. The lowest BCUT2D eigenvalue weighted by Gasteiger charge is -2.17. The molecule has 0 aliphatic carbocycles. The second kappa shape index (κ2) is 3.49.